The minimum absolute atomic E-state index is 0.173. The van der Waals surface area contributed by atoms with E-state index in [1.165, 1.54) is 18.4 Å². The summed E-state index contributed by atoms with van der Waals surface area (Å²) in [6, 6.07) is 6.71. The molecule has 1 aromatic carbocycles. The number of hydrogen-bond donors (Lipinski definition) is 2. The molecule has 0 amide bonds. The SMILES string of the molecule is Cc1ccc2c(C(=O)CNC3CC3)c[nH]c2c1. The van der Waals surface area contributed by atoms with Gasteiger partial charge in [-0.1, -0.05) is 12.1 Å². The van der Waals surface area contributed by atoms with Gasteiger partial charge in [0.2, 0.25) is 0 Å². The van der Waals surface area contributed by atoms with Gasteiger partial charge in [0, 0.05) is 28.7 Å². The maximum Gasteiger partial charge on any atom is 0.178 e. The van der Waals surface area contributed by atoms with Gasteiger partial charge in [0.15, 0.2) is 5.78 Å². The van der Waals surface area contributed by atoms with Gasteiger partial charge in [-0.2, -0.15) is 0 Å². The van der Waals surface area contributed by atoms with Crippen LogP contribution in [0.2, 0.25) is 0 Å². The standard InChI is InChI=1S/C14H16N2O/c1-9-2-5-11-12(7-16-13(11)6-9)14(17)8-15-10-3-4-10/h2,5-7,10,15-16H,3-4,8H2,1H3. The molecule has 2 N–H and O–H groups in total. The van der Waals surface area contributed by atoms with Crippen LogP contribution in [0.1, 0.15) is 28.8 Å². The Balaban J connectivity index is 1.85. The van der Waals surface area contributed by atoms with E-state index >= 15 is 0 Å². The maximum absolute atomic E-state index is 12.1. The Kier molecular flexibility index (Phi) is 2.48. The first-order valence-corrected chi connectivity index (χ1v) is 6.08. The van der Waals surface area contributed by atoms with Gasteiger partial charge in [0.1, 0.15) is 0 Å². The van der Waals surface area contributed by atoms with Gasteiger partial charge in [0.05, 0.1) is 6.54 Å². The van der Waals surface area contributed by atoms with E-state index in [-0.39, 0.29) is 5.78 Å². The third kappa shape index (κ3) is 2.11. The van der Waals surface area contributed by atoms with Crippen molar-refractivity contribution in [3.63, 3.8) is 0 Å². The highest BCUT2D eigenvalue weighted by Crippen LogP contribution is 2.21. The summed E-state index contributed by atoms with van der Waals surface area (Å²) in [4.78, 5) is 15.2. The van der Waals surface area contributed by atoms with Gasteiger partial charge >= 0.3 is 0 Å². The van der Waals surface area contributed by atoms with Gasteiger partial charge in [0.25, 0.3) is 0 Å². The molecule has 2 aromatic rings. The van der Waals surface area contributed by atoms with Crippen LogP contribution in [-0.2, 0) is 0 Å². The second kappa shape index (κ2) is 4.00. The second-order valence-corrected chi connectivity index (χ2v) is 4.83. The third-order valence-electron chi connectivity index (χ3n) is 3.27. The van der Waals surface area contributed by atoms with Crippen LogP contribution >= 0.6 is 0 Å². The van der Waals surface area contributed by atoms with E-state index in [1.54, 1.807) is 0 Å². The molecule has 17 heavy (non-hydrogen) atoms. The van der Waals surface area contributed by atoms with Crippen molar-refractivity contribution >= 4 is 16.7 Å². The second-order valence-electron chi connectivity index (χ2n) is 4.83. The molecule has 1 heterocycles. The number of aryl methyl sites for hydroxylation is 1. The molecule has 0 saturated heterocycles. The van der Waals surface area contributed by atoms with E-state index in [0.29, 0.717) is 12.6 Å². The first kappa shape index (κ1) is 10.5. The Morgan fingerprint density at radius 3 is 3.06 bits per heavy atom. The lowest BCUT2D eigenvalue weighted by Crippen LogP contribution is -2.24. The fourth-order valence-electron chi connectivity index (χ4n) is 2.09. The summed E-state index contributed by atoms with van der Waals surface area (Å²) in [6.07, 6.45) is 4.24. The van der Waals surface area contributed by atoms with Crippen molar-refractivity contribution in [3.05, 3.63) is 35.5 Å². The van der Waals surface area contributed by atoms with Gasteiger partial charge in [-0.25, -0.2) is 0 Å². The van der Waals surface area contributed by atoms with Crippen molar-refractivity contribution in [3.8, 4) is 0 Å². The number of carbonyl (C=O) groups is 1. The summed E-state index contributed by atoms with van der Waals surface area (Å²) in [7, 11) is 0. The number of hydrogen-bond acceptors (Lipinski definition) is 2. The molecule has 0 spiro atoms. The number of aromatic nitrogens is 1. The summed E-state index contributed by atoms with van der Waals surface area (Å²) in [5.74, 6) is 0.173. The fourth-order valence-corrected chi connectivity index (χ4v) is 2.09. The van der Waals surface area contributed by atoms with Gasteiger partial charge in [-0.05, 0) is 31.4 Å². The quantitative estimate of drug-likeness (QED) is 0.789. The molecular formula is C14H16N2O. The van der Waals surface area contributed by atoms with Crippen molar-refractivity contribution in [1.82, 2.24) is 10.3 Å². The molecule has 1 saturated carbocycles. The minimum Gasteiger partial charge on any atom is -0.360 e. The monoisotopic (exact) mass is 228 g/mol. The van der Waals surface area contributed by atoms with Gasteiger partial charge in [-0.3, -0.25) is 4.79 Å². The molecule has 0 bridgehead atoms. The molecule has 0 unspecified atom stereocenters. The lowest BCUT2D eigenvalue weighted by Gasteiger charge is -2.01. The topological polar surface area (TPSA) is 44.9 Å². The van der Waals surface area contributed by atoms with Crippen LogP contribution in [0.25, 0.3) is 10.9 Å². The minimum atomic E-state index is 0.173. The fraction of sp³-hybridized carbons (Fsp3) is 0.357. The van der Waals surface area contributed by atoms with Crippen LogP contribution in [0.15, 0.2) is 24.4 Å². The van der Waals surface area contributed by atoms with Crippen LogP contribution in [0, 0.1) is 6.92 Å². The van der Waals surface area contributed by atoms with E-state index in [9.17, 15) is 4.79 Å². The summed E-state index contributed by atoms with van der Waals surface area (Å²) in [5.41, 5.74) is 3.04. The molecule has 1 aliphatic carbocycles. The van der Waals surface area contributed by atoms with Crippen molar-refractivity contribution < 1.29 is 4.79 Å². The molecule has 1 aromatic heterocycles. The number of fused-ring (bicyclic) bond motifs is 1. The molecule has 1 fully saturated rings. The lowest BCUT2D eigenvalue weighted by atomic mass is 10.1. The zero-order chi connectivity index (χ0) is 11.8. The van der Waals surface area contributed by atoms with Crippen molar-refractivity contribution in [2.24, 2.45) is 0 Å². The van der Waals surface area contributed by atoms with Crippen molar-refractivity contribution in [1.29, 1.82) is 0 Å². The highest BCUT2D eigenvalue weighted by atomic mass is 16.1. The Bertz CT molecular complexity index is 567. The van der Waals surface area contributed by atoms with Crippen LogP contribution in [0.4, 0.5) is 0 Å². The van der Waals surface area contributed by atoms with E-state index in [4.69, 9.17) is 0 Å². The predicted octanol–water partition coefficient (Wildman–Crippen LogP) is 2.41. The number of H-pyrrole nitrogens is 1. The first-order chi connectivity index (χ1) is 8.24. The first-order valence-electron chi connectivity index (χ1n) is 6.08. The molecule has 1 aliphatic rings. The van der Waals surface area contributed by atoms with E-state index < -0.39 is 0 Å². The number of aromatic amines is 1. The summed E-state index contributed by atoms with van der Waals surface area (Å²) >= 11 is 0. The Labute approximate surface area is 100 Å². The number of nitrogens with one attached hydrogen (secondary N) is 2. The van der Waals surface area contributed by atoms with Crippen LogP contribution in [0.5, 0.6) is 0 Å². The number of benzene rings is 1. The van der Waals surface area contributed by atoms with Gasteiger partial charge in [-0.15, -0.1) is 0 Å². The maximum atomic E-state index is 12.1. The summed E-state index contributed by atoms with van der Waals surface area (Å²) in [5, 5.41) is 4.28. The molecule has 88 valence electrons. The van der Waals surface area contributed by atoms with Crippen molar-refractivity contribution in [2.75, 3.05) is 6.54 Å². The van der Waals surface area contributed by atoms with Crippen molar-refractivity contribution in [2.45, 2.75) is 25.8 Å². The zero-order valence-corrected chi connectivity index (χ0v) is 9.92. The Morgan fingerprint density at radius 1 is 1.47 bits per heavy atom. The highest BCUT2D eigenvalue weighted by molar-refractivity contribution is 6.08. The van der Waals surface area contributed by atoms with Gasteiger partial charge < -0.3 is 10.3 Å². The largest absolute Gasteiger partial charge is 0.360 e. The smallest absolute Gasteiger partial charge is 0.178 e. The number of carbonyl (C=O) groups excluding carboxylic acids is 1. The summed E-state index contributed by atoms with van der Waals surface area (Å²) < 4.78 is 0. The molecular weight excluding hydrogens is 212 g/mol. The molecule has 3 nitrogen and oxygen atoms in total. The Morgan fingerprint density at radius 2 is 2.29 bits per heavy atom. The third-order valence-corrected chi connectivity index (χ3v) is 3.27. The molecule has 0 atom stereocenters. The van der Waals surface area contributed by atoms with Crippen LogP contribution in [-0.4, -0.2) is 23.4 Å². The average Bonchev–Trinajstić information content (AvgIpc) is 3.05. The Hall–Kier alpha value is -1.61. The highest BCUT2D eigenvalue weighted by Gasteiger charge is 2.22. The predicted molar refractivity (Wildman–Crippen MR) is 68.4 cm³/mol. The normalized spacial score (nSPS) is 15.4. The molecule has 3 rings (SSSR count). The number of Topliss-reactive ketones (excluding diaryl/α,β-unsaturated/α-hetero) is 1. The molecule has 0 aliphatic heterocycles. The lowest BCUT2D eigenvalue weighted by molar-refractivity contribution is 0.0992. The van der Waals surface area contributed by atoms with Crippen LogP contribution in [0.3, 0.4) is 0 Å². The van der Waals surface area contributed by atoms with E-state index in [0.717, 1.165) is 16.5 Å². The molecule has 3 heteroatoms. The van der Waals surface area contributed by atoms with E-state index in [2.05, 4.69) is 23.3 Å². The van der Waals surface area contributed by atoms with E-state index in [1.807, 2.05) is 18.3 Å². The molecule has 0 radical (unpaired) electrons. The zero-order valence-electron chi connectivity index (χ0n) is 9.92. The number of ketones is 1. The number of rotatable bonds is 4. The average molecular weight is 228 g/mol. The summed E-state index contributed by atoms with van der Waals surface area (Å²) in [6.45, 7) is 2.50. The van der Waals surface area contributed by atoms with Crippen LogP contribution < -0.4 is 5.32 Å².